The van der Waals surface area contributed by atoms with Gasteiger partial charge in [0.2, 0.25) is 0 Å². The van der Waals surface area contributed by atoms with Gasteiger partial charge in [-0.05, 0) is 110 Å². The third-order valence-corrected chi connectivity index (χ3v) is 10.7. The molecule has 2 aliphatic rings. The summed E-state index contributed by atoms with van der Waals surface area (Å²) in [5.74, 6) is 0.194. The molecule has 0 atom stereocenters. The molecule has 244 valence electrons. The highest BCUT2D eigenvalue weighted by Gasteiger charge is 2.46. The summed E-state index contributed by atoms with van der Waals surface area (Å²) in [7, 11) is 0. The Balaban J connectivity index is 0.000000152. The maximum absolute atomic E-state index is 10.0. The Kier molecular flexibility index (Phi) is 8.08. The largest absolute Gasteiger partial charge is 0.506 e. The Morgan fingerprint density at radius 1 is 0.420 bits per heavy atom. The molecule has 2 aliphatic carbocycles. The second-order valence-electron chi connectivity index (χ2n) is 12.5. The molecule has 7 aromatic carbocycles. The lowest BCUT2D eigenvalue weighted by atomic mass is 9.67. The van der Waals surface area contributed by atoms with Crippen LogP contribution in [0.2, 0.25) is 15.1 Å². The van der Waals surface area contributed by atoms with E-state index in [1.165, 1.54) is 27.8 Å². The summed E-state index contributed by atoms with van der Waals surface area (Å²) in [6.45, 7) is 0. The maximum Gasteiger partial charge on any atom is 0.134 e. The molecule has 3 N–H and O–H groups in total. The van der Waals surface area contributed by atoms with Gasteiger partial charge in [0.1, 0.15) is 17.2 Å². The molecule has 6 heteroatoms. The van der Waals surface area contributed by atoms with Crippen molar-refractivity contribution in [2.45, 2.75) is 11.8 Å². The lowest BCUT2D eigenvalue weighted by molar-refractivity contribution is 0.474. The van der Waals surface area contributed by atoms with Crippen molar-refractivity contribution in [1.82, 2.24) is 0 Å². The predicted molar refractivity (Wildman–Crippen MR) is 204 cm³/mol. The van der Waals surface area contributed by atoms with Crippen molar-refractivity contribution >= 4 is 34.8 Å². The van der Waals surface area contributed by atoms with E-state index < -0.39 is 5.41 Å². The van der Waals surface area contributed by atoms with E-state index in [1.807, 2.05) is 48.5 Å². The van der Waals surface area contributed by atoms with Crippen LogP contribution in [0.3, 0.4) is 0 Å². The molecule has 7 aromatic rings. The Labute approximate surface area is 305 Å². The number of halogens is 3. The van der Waals surface area contributed by atoms with Gasteiger partial charge in [0.25, 0.3) is 0 Å². The van der Waals surface area contributed by atoms with Gasteiger partial charge in [-0.15, -0.1) is 0 Å². The predicted octanol–water partition coefficient (Wildman–Crippen LogP) is 12.1. The monoisotopic (exact) mass is 710 g/mol. The molecule has 0 saturated heterocycles. The van der Waals surface area contributed by atoms with E-state index in [2.05, 4.69) is 66.7 Å². The van der Waals surface area contributed by atoms with Crippen LogP contribution < -0.4 is 0 Å². The van der Waals surface area contributed by atoms with Gasteiger partial charge in [-0.25, -0.2) is 0 Å². The van der Waals surface area contributed by atoms with Gasteiger partial charge in [0, 0.05) is 0 Å². The molecule has 0 fully saturated rings. The fourth-order valence-corrected chi connectivity index (χ4v) is 8.15. The lowest BCUT2D eigenvalue weighted by Gasteiger charge is -2.34. The van der Waals surface area contributed by atoms with Gasteiger partial charge in [-0.3, -0.25) is 0 Å². The zero-order valence-electron chi connectivity index (χ0n) is 26.5. The number of phenols is 3. The Morgan fingerprint density at radius 2 is 0.880 bits per heavy atom. The van der Waals surface area contributed by atoms with Gasteiger partial charge in [0.05, 0.1) is 20.5 Å². The molecule has 50 heavy (non-hydrogen) atoms. The molecular weight excluding hydrogens is 683 g/mol. The number of aromatic hydroxyl groups is 3. The zero-order chi connectivity index (χ0) is 34.6. The topological polar surface area (TPSA) is 60.7 Å². The van der Waals surface area contributed by atoms with Crippen molar-refractivity contribution in [3.05, 3.63) is 194 Å². The van der Waals surface area contributed by atoms with Crippen LogP contribution in [-0.4, -0.2) is 15.3 Å². The molecular formula is C44H29Cl3O3. The molecule has 0 aromatic heterocycles. The van der Waals surface area contributed by atoms with Gasteiger partial charge in [0.15, 0.2) is 0 Å². The average molecular weight is 712 g/mol. The number of benzene rings is 7. The first-order valence-corrected chi connectivity index (χ1v) is 17.3. The van der Waals surface area contributed by atoms with Crippen LogP contribution in [-0.2, 0) is 11.8 Å². The summed E-state index contributed by atoms with van der Waals surface area (Å²) in [4.78, 5) is 0. The van der Waals surface area contributed by atoms with E-state index in [1.54, 1.807) is 30.3 Å². The van der Waals surface area contributed by atoms with Crippen molar-refractivity contribution in [2.24, 2.45) is 0 Å². The number of hydrogen-bond donors (Lipinski definition) is 3. The maximum atomic E-state index is 10.0. The highest BCUT2D eigenvalue weighted by molar-refractivity contribution is 6.33. The first-order valence-electron chi connectivity index (χ1n) is 16.1. The van der Waals surface area contributed by atoms with E-state index in [-0.39, 0.29) is 27.3 Å². The Hall–Kier alpha value is -5.19. The fraction of sp³-hybridized carbons (Fsp3) is 0.0455. The second-order valence-corrected chi connectivity index (χ2v) is 13.7. The standard InChI is InChI=1S/C25H16Cl2O2.C19H13ClO/c26-21-13-15(9-11-23(21)28)25(16-10-12-24(29)22(27)14-16)19-7-3-1-5-17(19)18-6-2-4-8-20(18)25;20-18-11-13(8-9-19(18)21)15-6-3-7-16-14-5-2-1-4-12(14)10-17(15)16/h1-14,28-29H;1-9,11,21H,10H2. The van der Waals surface area contributed by atoms with E-state index >= 15 is 0 Å². The summed E-state index contributed by atoms with van der Waals surface area (Å²) in [5.41, 5.74) is 13.2. The van der Waals surface area contributed by atoms with Gasteiger partial charge in [-0.1, -0.05) is 144 Å². The summed E-state index contributed by atoms with van der Waals surface area (Å²) < 4.78 is 0. The summed E-state index contributed by atoms with van der Waals surface area (Å²) in [5, 5.41) is 30.6. The first-order chi connectivity index (χ1) is 24.3. The molecule has 0 bridgehead atoms. The van der Waals surface area contributed by atoms with E-state index in [9.17, 15) is 15.3 Å². The minimum absolute atomic E-state index is 0.0360. The molecule has 0 saturated carbocycles. The minimum atomic E-state index is -0.679. The normalized spacial score (nSPS) is 13.0. The molecule has 0 aliphatic heterocycles. The van der Waals surface area contributed by atoms with Crippen molar-refractivity contribution in [1.29, 1.82) is 0 Å². The highest BCUT2D eigenvalue weighted by Crippen LogP contribution is 2.57. The van der Waals surface area contributed by atoms with Gasteiger partial charge >= 0.3 is 0 Å². The third-order valence-electron chi connectivity index (χ3n) is 9.82. The van der Waals surface area contributed by atoms with Crippen molar-refractivity contribution < 1.29 is 15.3 Å². The number of hydrogen-bond acceptors (Lipinski definition) is 3. The van der Waals surface area contributed by atoms with Crippen LogP contribution in [0.4, 0.5) is 0 Å². The first kappa shape index (κ1) is 32.0. The van der Waals surface area contributed by atoms with E-state index in [0.29, 0.717) is 5.02 Å². The fourth-order valence-electron chi connectivity index (χ4n) is 7.61. The smallest absolute Gasteiger partial charge is 0.134 e. The summed E-state index contributed by atoms with van der Waals surface area (Å²) in [6, 6.07) is 47.4. The van der Waals surface area contributed by atoms with Crippen LogP contribution in [0.15, 0.2) is 146 Å². The van der Waals surface area contributed by atoms with E-state index in [4.69, 9.17) is 34.8 Å². The van der Waals surface area contributed by atoms with Gasteiger partial charge in [-0.2, -0.15) is 0 Å². The molecule has 9 rings (SSSR count). The number of rotatable bonds is 3. The molecule has 3 nitrogen and oxygen atoms in total. The zero-order valence-corrected chi connectivity index (χ0v) is 28.8. The Morgan fingerprint density at radius 3 is 1.44 bits per heavy atom. The SMILES string of the molecule is Oc1ccc(-c2cccc3c2Cc2ccccc2-3)cc1Cl.Oc1ccc(C2(c3ccc(O)c(Cl)c3)c3ccccc3-c3ccccc32)cc1Cl. The molecule has 0 unspecified atom stereocenters. The third kappa shape index (κ3) is 5.13. The van der Waals surface area contributed by atoms with Crippen LogP contribution in [0.25, 0.3) is 33.4 Å². The molecule has 0 radical (unpaired) electrons. The van der Waals surface area contributed by atoms with Crippen molar-refractivity contribution in [3.63, 3.8) is 0 Å². The van der Waals surface area contributed by atoms with Crippen LogP contribution in [0.5, 0.6) is 17.2 Å². The summed E-state index contributed by atoms with van der Waals surface area (Å²) >= 11 is 18.7. The second kappa shape index (κ2) is 12.6. The molecule has 0 heterocycles. The van der Waals surface area contributed by atoms with E-state index in [0.717, 1.165) is 45.4 Å². The minimum Gasteiger partial charge on any atom is -0.506 e. The molecule has 0 amide bonds. The number of fused-ring (bicyclic) bond motifs is 6. The molecule has 0 spiro atoms. The Bertz CT molecular complexity index is 2350. The lowest BCUT2D eigenvalue weighted by Crippen LogP contribution is -2.28. The van der Waals surface area contributed by atoms with Crippen molar-refractivity contribution in [3.8, 4) is 50.6 Å². The van der Waals surface area contributed by atoms with Crippen LogP contribution >= 0.6 is 34.8 Å². The summed E-state index contributed by atoms with van der Waals surface area (Å²) in [6.07, 6.45) is 0.945. The highest BCUT2D eigenvalue weighted by atomic mass is 35.5. The van der Waals surface area contributed by atoms with Gasteiger partial charge < -0.3 is 15.3 Å². The van der Waals surface area contributed by atoms with Crippen LogP contribution in [0, 0.1) is 0 Å². The van der Waals surface area contributed by atoms with Crippen molar-refractivity contribution in [2.75, 3.05) is 0 Å². The quantitative estimate of drug-likeness (QED) is 0.171. The average Bonchev–Trinajstić information content (AvgIpc) is 3.67. The number of phenolic OH excluding ortho intramolecular Hbond substituents is 3. The van der Waals surface area contributed by atoms with Crippen LogP contribution in [0.1, 0.15) is 33.4 Å².